The summed E-state index contributed by atoms with van der Waals surface area (Å²) in [6, 6.07) is 9.74. The average molecular weight is 250 g/mol. The fourth-order valence-electron chi connectivity index (χ4n) is 1.84. The predicted octanol–water partition coefficient (Wildman–Crippen LogP) is -0.450. The zero-order chi connectivity index (χ0) is 12.3. The Bertz CT molecular complexity index is 433. The number of nitrogens with one attached hydrogen (secondary N) is 1. The van der Waals surface area contributed by atoms with Gasteiger partial charge in [0.25, 0.3) is 0 Å². The number of amides is 1. The van der Waals surface area contributed by atoms with Crippen molar-refractivity contribution >= 4 is 28.5 Å². The van der Waals surface area contributed by atoms with Gasteiger partial charge in [0, 0.05) is 12.2 Å². The molecule has 1 atom stereocenters. The van der Waals surface area contributed by atoms with Crippen molar-refractivity contribution in [3.63, 3.8) is 0 Å². The van der Waals surface area contributed by atoms with Gasteiger partial charge in [-0.3, -0.25) is 15.5 Å². The number of carbonyl (C=O) groups is 1. The number of hydrogen-bond acceptors (Lipinski definition) is 2. The maximum atomic E-state index is 12.2. The minimum atomic E-state index is -0.0670. The number of carbonyl (C=O) groups excluding carboxylic acids is 1. The molecule has 3 N–H and O–H groups in total. The summed E-state index contributed by atoms with van der Waals surface area (Å²) in [6.07, 6.45) is 0.834. The van der Waals surface area contributed by atoms with E-state index < -0.39 is 0 Å². The summed E-state index contributed by atoms with van der Waals surface area (Å²) >= 11 is 1.41. The standard InChI is InChI=1S/C12H15N3OS/c1-14-12(13)17-10-7-8-15(11(10)16)9-5-3-2-4-6-9/h2-6,10H,7-8H2,1H3,(H2,13,14)/p+1. The summed E-state index contributed by atoms with van der Waals surface area (Å²) in [4.78, 5) is 16.8. The molecule has 1 amide bonds. The average Bonchev–Trinajstić information content (AvgIpc) is 2.72. The highest BCUT2D eigenvalue weighted by molar-refractivity contribution is 8.14. The molecule has 0 radical (unpaired) electrons. The van der Waals surface area contributed by atoms with E-state index in [1.54, 1.807) is 7.05 Å². The van der Waals surface area contributed by atoms with Crippen molar-refractivity contribution in [2.45, 2.75) is 11.7 Å². The Balaban J connectivity index is 2.08. The fraction of sp³-hybridized carbons (Fsp3) is 0.333. The summed E-state index contributed by atoms with van der Waals surface area (Å²) in [5.74, 6) is 0.138. The molecular weight excluding hydrogens is 234 g/mol. The van der Waals surface area contributed by atoms with Crippen molar-refractivity contribution in [1.82, 2.24) is 0 Å². The molecule has 1 aliphatic rings. The van der Waals surface area contributed by atoms with Crippen molar-refractivity contribution in [3.8, 4) is 0 Å². The molecule has 0 aliphatic carbocycles. The van der Waals surface area contributed by atoms with Crippen LogP contribution in [-0.4, -0.2) is 29.9 Å². The summed E-state index contributed by atoms with van der Waals surface area (Å²) in [5.41, 5.74) is 6.66. The molecule has 17 heavy (non-hydrogen) atoms. The molecule has 2 rings (SSSR count). The minimum absolute atomic E-state index is 0.0670. The number of benzene rings is 1. The van der Waals surface area contributed by atoms with Crippen molar-refractivity contribution in [2.75, 3.05) is 18.5 Å². The lowest BCUT2D eigenvalue weighted by molar-refractivity contribution is -0.417. The first kappa shape index (κ1) is 12.0. The van der Waals surface area contributed by atoms with Gasteiger partial charge in [-0.15, -0.1) is 0 Å². The molecule has 0 saturated carbocycles. The Morgan fingerprint density at radius 1 is 1.47 bits per heavy atom. The summed E-state index contributed by atoms with van der Waals surface area (Å²) in [6.45, 7) is 0.761. The van der Waals surface area contributed by atoms with E-state index in [0.29, 0.717) is 5.17 Å². The zero-order valence-electron chi connectivity index (χ0n) is 9.72. The van der Waals surface area contributed by atoms with E-state index >= 15 is 0 Å². The Labute approximate surface area is 105 Å². The SMILES string of the molecule is C[NH+]=C(N)SC1CCN(c2ccccc2)C1=O. The van der Waals surface area contributed by atoms with Gasteiger partial charge >= 0.3 is 5.17 Å². The first-order valence-corrected chi connectivity index (χ1v) is 6.43. The Morgan fingerprint density at radius 3 is 2.82 bits per heavy atom. The van der Waals surface area contributed by atoms with Crippen LogP contribution in [0.15, 0.2) is 30.3 Å². The molecular formula is C12H16N3OS+. The van der Waals surface area contributed by atoms with Gasteiger partial charge in [-0.2, -0.15) is 0 Å². The fourth-order valence-corrected chi connectivity index (χ4v) is 2.72. The number of thioether (sulfide) groups is 1. The lowest BCUT2D eigenvalue weighted by Crippen LogP contribution is -2.70. The normalized spacial score (nSPS) is 21.0. The third kappa shape index (κ3) is 2.61. The monoisotopic (exact) mass is 250 g/mol. The second kappa shape index (κ2) is 5.23. The molecule has 1 heterocycles. The Hall–Kier alpha value is -1.49. The van der Waals surface area contributed by atoms with Crippen LogP contribution < -0.4 is 15.6 Å². The highest BCUT2D eigenvalue weighted by Crippen LogP contribution is 2.27. The Kier molecular flexibility index (Phi) is 3.68. The number of rotatable bonds is 2. The van der Waals surface area contributed by atoms with E-state index in [2.05, 4.69) is 4.99 Å². The Morgan fingerprint density at radius 2 is 2.18 bits per heavy atom. The van der Waals surface area contributed by atoms with Crippen LogP contribution in [0.4, 0.5) is 5.69 Å². The molecule has 90 valence electrons. The van der Waals surface area contributed by atoms with Crippen LogP contribution in [0.3, 0.4) is 0 Å². The van der Waals surface area contributed by atoms with E-state index in [1.165, 1.54) is 11.8 Å². The molecule has 1 aliphatic heterocycles. The summed E-state index contributed by atoms with van der Waals surface area (Å²) in [7, 11) is 1.76. The van der Waals surface area contributed by atoms with Gasteiger partial charge in [-0.05, 0) is 30.3 Å². The number of nitrogens with two attached hydrogens (primary N) is 1. The van der Waals surface area contributed by atoms with Crippen molar-refractivity contribution in [2.24, 2.45) is 5.73 Å². The third-order valence-corrected chi connectivity index (χ3v) is 3.92. The maximum Gasteiger partial charge on any atom is 0.302 e. The van der Waals surface area contributed by atoms with Crippen molar-refractivity contribution in [1.29, 1.82) is 0 Å². The quantitative estimate of drug-likeness (QED) is 0.552. The van der Waals surface area contributed by atoms with Gasteiger partial charge in [0.2, 0.25) is 5.91 Å². The van der Waals surface area contributed by atoms with E-state index in [-0.39, 0.29) is 11.2 Å². The molecule has 1 aromatic carbocycles. The van der Waals surface area contributed by atoms with Crippen LogP contribution in [0, 0.1) is 0 Å². The van der Waals surface area contributed by atoms with E-state index in [4.69, 9.17) is 5.73 Å². The van der Waals surface area contributed by atoms with E-state index in [0.717, 1.165) is 18.7 Å². The first-order valence-electron chi connectivity index (χ1n) is 5.55. The van der Waals surface area contributed by atoms with Crippen LogP contribution in [0.25, 0.3) is 0 Å². The minimum Gasteiger partial charge on any atom is -0.311 e. The van der Waals surface area contributed by atoms with Crippen LogP contribution in [-0.2, 0) is 4.79 Å². The second-order valence-electron chi connectivity index (χ2n) is 3.83. The molecule has 1 saturated heterocycles. The van der Waals surface area contributed by atoms with E-state index in [1.807, 2.05) is 35.2 Å². The molecule has 5 heteroatoms. The van der Waals surface area contributed by atoms with Crippen LogP contribution >= 0.6 is 11.8 Å². The number of hydrogen-bond donors (Lipinski definition) is 2. The molecule has 1 fully saturated rings. The van der Waals surface area contributed by atoms with Crippen LogP contribution in [0.5, 0.6) is 0 Å². The van der Waals surface area contributed by atoms with Gasteiger partial charge in [0.1, 0.15) is 0 Å². The van der Waals surface area contributed by atoms with Gasteiger partial charge in [-0.1, -0.05) is 18.2 Å². The van der Waals surface area contributed by atoms with Crippen LogP contribution in [0.1, 0.15) is 6.42 Å². The van der Waals surface area contributed by atoms with E-state index in [9.17, 15) is 4.79 Å². The lowest BCUT2D eigenvalue weighted by atomic mass is 10.3. The smallest absolute Gasteiger partial charge is 0.302 e. The first-order chi connectivity index (χ1) is 8.22. The highest BCUT2D eigenvalue weighted by Gasteiger charge is 2.34. The van der Waals surface area contributed by atoms with Gasteiger partial charge in [0.05, 0.1) is 12.3 Å². The van der Waals surface area contributed by atoms with Crippen molar-refractivity contribution < 1.29 is 9.79 Å². The van der Waals surface area contributed by atoms with Gasteiger partial charge < -0.3 is 4.90 Å². The highest BCUT2D eigenvalue weighted by atomic mass is 32.2. The molecule has 0 spiro atoms. The van der Waals surface area contributed by atoms with Gasteiger partial charge in [-0.25, -0.2) is 0 Å². The maximum absolute atomic E-state index is 12.2. The lowest BCUT2D eigenvalue weighted by Gasteiger charge is -2.15. The molecule has 0 bridgehead atoms. The van der Waals surface area contributed by atoms with Crippen LogP contribution in [0.2, 0.25) is 0 Å². The molecule has 4 nitrogen and oxygen atoms in total. The predicted molar refractivity (Wildman–Crippen MR) is 70.9 cm³/mol. The largest absolute Gasteiger partial charge is 0.311 e. The summed E-state index contributed by atoms with van der Waals surface area (Å²) < 4.78 is 0. The van der Waals surface area contributed by atoms with Crippen molar-refractivity contribution in [3.05, 3.63) is 30.3 Å². The number of anilines is 1. The number of amidine groups is 1. The topological polar surface area (TPSA) is 60.3 Å². The number of nitrogens with zero attached hydrogens (tertiary/aromatic N) is 1. The molecule has 0 aromatic heterocycles. The third-order valence-electron chi connectivity index (χ3n) is 2.74. The second-order valence-corrected chi connectivity index (χ2v) is 5.08. The molecule has 1 aromatic rings. The number of para-hydroxylation sites is 1. The summed E-state index contributed by atoms with van der Waals surface area (Å²) in [5, 5.41) is 0.529. The van der Waals surface area contributed by atoms with Gasteiger partial charge in [0.15, 0.2) is 0 Å². The zero-order valence-corrected chi connectivity index (χ0v) is 10.5. The molecule has 1 unspecified atom stereocenters.